The van der Waals surface area contributed by atoms with Crippen LogP contribution in [0.3, 0.4) is 0 Å². The van der Waals surface area contributed by atoms with Gasteiger partial charge in [-0.2, -0.15) is 0 Å². The third kappa shape index (κ3) is 3.88. The van der Waals surface area contributed by atoms with Crippen molar-refractivity contribution in [2.75, 3.05) is 7.05 Å². The van der Waals surface area contributed by atoms with Crippen LogP contribution in [0.1, 0.15) is 16.7 Å². The number of benzene rings is 2. The third-order valence-corrected chi connectivity index (χ3v) is 3.12. The summed E-state index contributed by atoms with van der Waals surface area (Å²) in [7, 11) is 2.05. The van der Waals surface area contributed by atoms with Crippen LogP contribution >= 0.6 is 0 Å². The average Bonchev–Trinajstić information content (AvgIpc) is 2.42. The summed E-state index contributed by atoms with van der Waals surface area (Å²) < 4.78 is 13.1. The highest BCUT2D eigenvalue weighted by atomic mass is 19.1. The van der Waals surface area contributed by atoms with Gasteiger partial charge in [-0.15, -0.1) is 0 Å². The summed E-state index contributed by atoms with van der Waals surface area (Å²) >= 11 is 0. The lowest BCUT2D eigenvalue weighted by Crippen LogP contribution is -2.18. The molecule has 3 heteroatoms. The molecule has 2 N–H and O–H groups in total. The van der Waals surface area contributed by atoms with Crippen LogP contribution in [0.2, 0.25) is 0 Å². The fourth-order valence-corrected chi connectivity index (χ4v) is 2.18. The Morgan fingerprint density at radius 2 is 1.74 bits per heavy atom. The number of hydrogen-bond acceptors (Lipinski definition) is 2. The molecule has 0 heterocycles. The lowest BCUT2D eigenvalue weighted by atomic mass is 10.1. The Morgan fingerprint density at radius 3 is 2.42 bits per heavy atom. The average molecular weight is 258 g/mol. The minimum absolute atomic E-state index is 0.227. The highest BCUT2D eigenvalue weighted by Gasteiger charge is 2.06. The van der Waals surface area contributed by atoms with Crippen molar-refractivity contribution in [3.63, 3.8) is 0 Å². The molecule has 0 fully saturated rings. The molecule has 2 nitrogen and oxygen atoms in total. The zero-order valence-corrected chi connectivity index (χ0v) is 11.1. The summed E-state index contributed by atoms with van der Waals surface area (Å²) in [4.78, 5) is 2.20. The molecule has 19 heavy (non-hydrogen) atoms. The highest BCUT2D eigenvalue weighted by molar-refractivity contribution is 5.28. The second kappa shape index (κ2) is 6.45. The Hall–Kier alpha value is -1.71. The Balaban J connectivity index is 2.04. The van der Waals surface area contributed by atoms with E-state index in [9.17, 15) is 4.39 Å². The number of nitrogens with two attached hydrogens (primary N) is 1. The van der Waals surface area contributed by atoms with Gasteiger partial charge in [-0.1, -0.05) is 36.4 Å². The van der Waals surface area contributed by atoms with Gasteiger partial charge in [-0.25, -0.2) is 4.39 Å². The van der Waals surface area contributed by atoms with Crippen molar-refractivity contribution in [3.05, 3.63) is 71.0 Å². The van der Waals surface area contributed by atoms with Gasteiger partial charge in [-0.3, -0.25) is 4.90 Å². The van der Waals surface area contributed by atoms with Crippen molar-refractivity contribution in [1.82, 2.24) is 4.90 Å². The molecule has 0 aromatic heterocycles. The van der Waals surface area contributed by atoms with Crippen LogP contribution in [0.5, 0.6) is 0 Å². The molecule has 100 valence electrons. The fourth-order valence-electron chi connectivity index (χ4n) is 2.18. The molecule has 2 rings (SSSR count). The van der Waals surface area contributed by atoms with Crippen LogP contribution in [0.25, 0.3) is 0 Å². The number of hydrogen-bond donors (Lipinski definition) is 1. The van der Waals surface area contributed by atoms with Crippen molar-refractivity contribution in [1.29, 1.82) is 0 Å². The molecule has 0 saturated heterocycles. The first-order chi connectivity index (χ1) is 9.19. The van der Waals surface area contributed by atoms with E-state index < -0.39 is 0 Å². The van der Waals surface area contributed by atoms with E-state index in [1.165, 1.54) is 17.7 Å². The zero-order chi connectivity index (χ0) is 13.7. The van der Waals surface area contributed by atoms with E-state index in [-0.39, 0.29) is 5.82 Å². The molecule has 2 aromatic rings. The maximum atomic E-state index is 13.1. The maximum Gasteiger partial charge on any atom is 0.123 e. The van der Waals surface area contributed by atoms with E-state index in [0.29, 0.717) is 6.54 Å². The molecule has 0 aliphatic heterocycles. The number of rotatable bonds is 5. The van der Waals surface area contributed by atoms with Gasteiger partial charge in [0, 0.05) is 19.6 Å². The first kappa shape index (κ1) is 13.7. The van der Waals surface area contributed by atoms with E-state index in [2.05, 4.69) is 24.1 Å². The molecule has 0 amide bonds. The molecule has 0 aliphatic carbocycles. The zero-order valence-electron chi connectivity index (χ0n) is 11.1. The SMILES string of the molecule is CN(Cc1ccccc1)Cc1ccc(F)cc1CN. The fraction of sp³-hybridized carbons (Fsp3) is 0.250. The summed E-state index contributed by atoms with van der Waals surface area (Å²) in [6, 6.07) is 15.1. The lowest BCUT2D eigenvalue weighted by molar-refractivity contribution is 0.318. The first-order valence-corrected chi connectivity index (χ1v) is 6.39. The van der Waals surface area contributed by atoms with E-state index in [0.717, 1.165) is 24.2 Å². The minimum atomic E-state index is -0.227. The monoisotopic (exact) mass is 258 g/mol. The highest BCUT2D eigenvalue weighted by Crippen LogP contribution is 2.14. The molecule has 0 spiro atoms. The van der Waals surface area contributed by atoms with Crippen LogP contribution in [0, 0.1) is 5.82 Å². The maximum absolute atomic E-state index is 13.1. The van der Waals surface area contributed by atoms with E-state index in [4.69, 9.17) is 5.73 Å². The van der Waals surface area contributed by atoms with Crippen molar-refractivity contribution >= 4 is 0 Å². The molecule has 0 saturated carbocycles. The molecule has 2 aromatic carbocycles. The predicted octanol–water partition coefficient (Wildman–Crippen LogP) is 2.92. The number of halogens is 1. The summed E-state index contributed by atoms with van der Waals surface area (Å²) in [6.07, 6.45) is 0. The summed E-state index contributed by atoms with van der Waals surface area (Å²) in [6.45, 7) is 2.00. The van der Waals surface area contributed by atoms with Gasteiger partial charge in [0.2, 0.25) is 0 Å². The molecule has 0 unspecified atom stereocenters. The second-order valence-corrected chi connectivity index (χ2v) is 4.78. The number of nitrogens with zero attached hydrogens (tertiary/aromatic N) is 1. The standard InChI is InChI=1S/C16H19FN2/c1-19(11-13-5-3-2-4-6-13)12-14-7-8-16(17)9-15(14)10-18/h2-9H,10-12,18H2,1H3. The second-order valence-electron chi connectivity index (χ2n) is 4.78. The van der Waals surface area contributed by atoms with E-state index in [1.54, 1.807) is 0 Å². The van der Waals surface area contributed by atoms with Crippen LogP contribution < -0.4 is 5.73 Å². The summed E-state index contributed by atoms with van der Waals surface area (Å²) in [5.74, 6) is -0.227. The quantitative estimate of drug-likeness (QED) is 0.893. The van der Waals surface area contributed by atoms with Crippen molar-refractivity contribution in [3.8, 4) is 0 Å². The van der Waals surface area contributed by atoms with Crippen LogP contribution in [0.15, 0.2) is 48.5 Å². The van der Waals surface area contributed by atoms with Gasteiger partial charge in [0.1, 0.15) is 5.82 Å². The molecular weight excluding hydrogens is 239 g/mol. The van der Waals surface area contributed by atoms with Crippen molar-refractivity contribution in [2.45, 2.75) is 19.6 Å². The molecule has 0 radical (unpaired) electrons. The Morgan fingerprint density at radius 1 is 1.00 bits per heavy atom. The van der Waals surface area contributed by atoms with Gasteiger partial charge in [-0.05, 0) is 35.9 Å². The molecule has 0 aliphatic rings. The Kier molecular flexibility index (Phi) is 4.66. The van der Waals surface area contributed by atoms with Gasteiger partial charge in [0.05, 0.1) is 0 Å². The van der Waals surface area contributed by atoms with Gasteiger partial charge in [0.25, 0.3) is 0 Å². The largest absolute Gasteiger partial charge is 0.326 e. The van der Waals surface area contributed by atoms with Gasteiger partial charge >= 0.3 is 0 Å². The lowest BCUT2D eigenvalue weighted by Gasteiger charge is -2.18. The van der Waals surface area contributed by atoms with Crippen LogP contribution in [-0.2, 0) is 19.6 Å². The smallest absolute Gasteiger partial charge is 0.123 e. The Bertz CT molecular complexity index is 526. The molecule has 0 bridgehead atoms. The van der Waals surface area contributed by atoms with E-state index in [1.807, 2.05) is 24.3 Å². The van der Waals surface area contributed by atoms with Crippen molar-refractivity contribution in [2.24, 2.45) is 5.73 Å². The van der Waals surface area contributed by atoms with Crippen molar-refractivity contribution < 1.29 is 4.39 Å². The first-order valence-electron chi connectivity index (χ1n) is 6.39. The summed E-state index contributed by atoms with van der Waals surface area (Å²) in [5, 5.41) is 0. The summed E-state index contributed by atoms with van der Waals surface area (Å²) in [5.41, 5.74) is 8.89. The normalized spacial score (nSPS) is 10.9. The van der Waals surface area contributed by atoms with Crippen LogP contribution in [0.4, 0.5) is 4.39 Å². The van der Waals surface area contributed by atoms with Crippen LogP contribution in [-0.4, -0.2) is 11.9 Å². The molecular formula is C16H19FN2. The third-order valence-electron chi connectivity index (χ3n) is 3.12. The Labute approximate surface area is 113 Å². The molecule has 0 atom stereocenters. The van der Waals surface area contributed by atoms with Gasteiger partial charge in [0.15, 0.2) is 0 Å². The topological polar surface area (TPSA) is 29.3 Å². The van der Waals surface area contributed by atoms with Gasteiger partial charge < -0.3 is 5.73 Å². The van der Waals surface area contributed by atoms with E-state index >= 15 is 0 Å². The minimum Gasteiger partial charge on any atom is -0.326 e. The predicted molar refractivity (Wildman–Crippen MR) is 75.9 cm³/mol.